The number of benzene rings is 1. The minimum Gasteiger partial charge on any atom is -0.463 e. The zero-order chi connectivity index (χ0) is 15.1. The summed E-state index contributed by atoms with van der Waals surface area (Å²) in [5.74, 6) is 3.29. The first-order valence-electron chi connectivity index (χ1n) is 7.16. The van der Waals surface area contributed by atoms with E-state index in [0.29, 0.717) is 12.5 Å². The third-order valence-corrected chi connectivity index (χ3v) is 4.17. The van der Waals surface area contributed by atoms with Gasteiger partial charge >= 0.3 is 5.97 Å². The summed E-state index contributed by atoms with van der Waals surface area (Å²) in [7, 11) is 0. The molecule has 0 bridgehead atoms. The maximum Gasteiger partial charge on any atom is 0.302 e. The van der Waals surface area contributed by atoms with E-state index in [0.717, 1.165) is 17.7 Å². The summed E-state index contributed by atoms with van der Waals surface area (Å²) in [6, 6.07) is 10.1. The average Bonchev–Trinajstić information content (AvgIpc) is 2.48. The Hall–Kier alpha value is -1.44. The lowest BCUT2D eigenvalue weighted by Crippen LogP contribution is -2.36. The molecule has 0 amide bonds. The lowest BCUT2D eigenvalue weighted by molar-refractivity contribution is -0.150. The van der Waals surface area contributed by atoms with E-state index in [1.54, 1.807) is 0 Å². The van der Waals surface area contributed by atoms with Crippen LogP contribution >= 0.6 is 11.8 Å². The quantitative estimate of drug-likeness (QED) is 0.486. The summed E-state index contributed by atoms with van der Waals surface area (Å²) in [5, 5.41) is 3.11. The second kappa shape index (κ2) is 8.11. The summed E-state index contributed by atoms with van der Waals surface area (Å²) in [6.45, 7) is 3.86. The van der Waals surface area contributed by atoms with E-state index in [9.17, 15) is 4.79 Å². The molecule has 1 fully saturated rings. The Bertz CT molecular complexity index is 518. The highest BCUT2D eigenvalue weighted by Crippen LogP contribution is 2.25. The highest BCUT2D eigenvalue weighted by Gasteiger charge is 2.28. The van der Waals surface area contributed by atoms with Crippen molar-refractivity contribution in [3.8, 4) is 11.2 Å². The van der Waals surface area contributed by atoms with Crippen LogP contribution in [0.2, 0.25) is 0 Å². The zero-order valence-electron chi connectivity index (χ0n) is 12.4. The zero-order valence-corrected chi connectivity index (χ0v) is 13.2. The van der Waals surface area contributed by atoms with Crippen LogP contribution in [0.4, 0.5) is 0 Å². The summed E-state index contributed by atoms with van der Waals surface area (Å²) in [6.07, 6.45) is 1.85. The number of rotatable bonds is 3. The van der Waals surface area contributed by atoms with E-state index in [2.05, 4.69) is 18.1 Å². The van der Waals surface area contributed by atoms with Gasteiger partial charge in [-0.15, -0.1) is 0 Å². The van der Waals surface area contributed by atoms with Gasteiger partial charge in [-0.3, -0.25) is 4.79 Å². The maximum atomic E-state index is 10.9. The van der Waals surface area contributed by atoms with E-state index in [4.69, 9.17) is 9.47 Å². The van der Waals surface area contributed by atoms with Crippen LogP contribution in [0.15, 0.2) is 35.2 Å². The number of carbonyl (C=O) groups excluding carboxylic acids is 1. The van der Waals surface area contributed by atoms with Gasteiger partial charge in [0.25, 0.3) is 0 Å². The predicted octanol–water partition coefficient (Wildman–Crippen LogP) is 3.49. The fraction of sp³-hybridized carbons (Fsp3) is 0.471. The minimum atomic E-state index is -0.265. The van der Waals surface area contributed by atoms with Gasteiger partial charge in [-0.2, -0.15) is 0 Å². The molecule has 1 aliphatic heterocycles. The molecule has 3 atom stereocenters. The highest BCUT2D eigenvalue weighted by atomic mass is 32.2. The molecule has 0 spiro atoms. The van der Waals surface area contributed by atoms with Crippen molar-refractivity contribution >= 4 is 17.7 Å². The Balaban J connectivity index is 1.85. The number of ether oxygens (including phenoxy) is 2. The van der Waals surface area contributed by atoms with Crippen molar-refractivity contribution in [2.24, 2.45) is 5.92 Å². The first-order chi connectivity index (χ1) is 10.1. The van der Waals surface area contributed by atoms with Crippen molar-refractivity contribution in [1.29, 1.82) is 0 Å². The molecule has 0 radical (unpaired) electrons. The number of hydrogen-bond donors (Lipinski definition) is 0. The Morgan fingerprint density at radius 1 is 1.38 bits per heavy atom. The molecule has 1 saturated heterocycles. The summed E-state index contributed by atoms with van der Waals surface area (Å²) in [4.78, 5) is 12.0. The third-order valence-electron chi connectivity index (χ3n) is 3.44. The maximum absolute atomic E-state index is 10.9. The Morgan fingerprint density at radius 3 is 2.86 bits per heavy atom. The lowest BCUT2D eigenvalue weighted by atomic mass is 9.94. The van der Waals surface area contributed by atoms with Crippen molar-refractivity contribution in [3.63, 3.8) is 0 Å². The molecule has 1 aromatic rings. The Kier molecular flexibility index (Phi) is 6.16. The van der Waals surface area contributed by atoms with Gasteiger partial charge in [-0.05, 0) is 47.9 Å². The van der Waals surface area contributed by atoms with Crippen molar-refractivity contribution < 1.29 is 14.3 Å². The molecule has 1 aromatic carbocycles. The number of esters is 1. The molecule has 0 saturated carbocycles. The molecule has 2 rings (SSSR count). The summed E-state index contributed by atoms with van der Waals surface area (Å²) in [5.41, 5.74) is 0. The molecule has 0 unspecified atom stereocenters. The van der Waals surface area contributed by atoms with Gasteiger partial charge < -0.3 is 9.47 Å². The lowest BCUT2D eigenvalue weighted by Gasteiger charge is -2.32. The molecular formula is C17H20O3S. The fourth-order valence-corrected chi connectivity index (χ4v) is 2.77. The van der Waals surface area contributed by atoms with E-state index in [1.807, 2.05) is 30.3 Å². The first kappa shape index (κ1) is 15.9. The predicted molar refractivity (Wildman–Crippen MR) is 83.8 cm³/mol. The largest absolute Gasteiger partial charge is 0.463 e. The second-order valence-electron chi connectivity index (χ2n) is 5.18. The molecule has 0 aromatic heterocycles. The SMILES string of the molecule is CC(=O)OC[C@H]1O[C@H](C#CSc2ccccc2)CC[C@@H]1C. The highest BCUT2D eigenvalue weighted by molar-refractivity contribution is 8.03. The molecule has 21 heavy (non-hydrogen) atoms. The van der Waals surface area contributed by atoms with E-state index < -0.39 is 0 Å². The molecule has 4 heteroatoms. The average molecular weight is 304 g/mol. The molecule has 0 N–H and O–H groups in total. The van der Waals surface area contributed by atoms with Gasteiger partial charge in [-0.25, -0.2) is 0 Å². The number of thioether (sulfide) groups is 1. The van der Waals surface area contributed by atoms with Gasteiger partial charge in [0.1, 0.15) is 12.7 Å². The van der Waals surface area contributed by atoms with Crippen LogP contribution in [0, 0.1) is 17.1 Å². The van der Waals surface area contributed by atoms with Crippen LogP contribution in [-0.2, 0) is 14.3 Å². The molecule has 1 aliphatic rings. The smallest absolute Gasteiger partial charge is 0.302 e. The summed E-state index contributed by atoms with van der Waals surface area (Å²) >= 11 is 1.51. The normalized spacial score (nSPS) is 24.8. The molecule has 112 valence electrons. The number of carbonyl (C=O) groups is 1. The van der Waals surface area contributed by atoms with Crippen LogP contribution in [0.1, 0.15) is 26.7 Å². The monoisotopic (exact) mass is 304 g/mol. The van der Waals surface area contributed by atoms with Gasteiger partial charge in [-0.1, -0.05) is 31.0 Å². The summed E-state index contributed by atoms with van der Waals surface area (Å²) < 4.78 is 11.0. The first-order valence-corrected chi connectivity index (χ1v) is 7.98. The van der Waals surface area contributed by atoms with E-state index >= 15 is 0 Å². The van der Waals surface area contributed by atoms with Crippen molar-refractivity contribution in [1.82, 2.24) is 0 Å². The number of hydrogen-bond acceptors (Lipinski definition) is 4. The second-order valence-corrected chi connectivity index (χ2v) is 6.06. The van der Waals surface area contributed by atoms with E-state index in [-0.39, 0.29) is 18.2 Å². The van der Waals surface area contributed by atoms with Crippen LogP contribution in [0.25, 0.3) is 0 Å². The molecule has 1 heterocycles. The van der Waals surface area contributed by atoms with Gasteiger partial charge in [0.2, 0.25) is 0 Å². The Morgan fingerprint density at radius 2 is 2.14 bits per heavy atom. The van der Waals surface area contributed by atoms with Crippen LogP contribution in [0.5, 0.6) is 0 Å². The molecule has 3 nitrogen and oxygen atoms in total. The van der Waals surface area contributed by atoms with Crippen LogP contribution in [0.3, 0.4) is 0 Å². The molecular weight excluding hydrogens is 284 g/mol. The van der Waals surface area contributed by atoms with Crippen molar-refractivity contribution in [2.75, 3.05) is 6.61 Å². The third kappa shape index (κ3) is 5.45. The molecule has 0 aliphatic carbocycles. The standard InChI is InChI=1S/C17H20O3S/c1-13-8-9-15(20-17(13)12-19-14(2)18)10-11-21-16-6-4-3-5-7-16/h3-7,13,15,17H,8-9,12H2,1-2H3/t13-,15-,17+/m0/s1. The van der Waals surface area contributed by atoms with Crippen molar-refractivity contribution in [3.05, 3.63) is 30.3 Å². The van der Waals surface area contributed by atoms with Crippen LogP contribution < -0.4 is 0 Å². The van der Waals surface area contributed by atoms with E-state index in [1.165, 1.54) is 18.7 Å². The topological polar surface area (TPSA) is 35.5 Å². The van der Waals surface area contributed by atoms with Crippen LogP contribution in [-0.4, -0.2) is 24.8 Å². The van der Waals surface area contributed by atoms with Gasteiger partial charge in [0.15, 0.2) is 0 Å². The van der Waals surface area contributed by atoms with Gasteiger partial charge in [0.05, 0.1) is 6.10 Å². The Labute approximate surface area is 130 Å². The fourth-order valence-electron chi connectivity index (χ4n) is 2.17. The van der Waals surface area contributed by atoms with Crippen molar-refractivity contribution in [2.45, 2.75) is 43.8 Å². The minimum absolute atomic E-state index is 0.0522. The van der Waals surface area contributed by atoms with Gasteiger partial charge in [0, 0.05) is 11.8 Å².